The monoisotopic (exact) mass is 266 g/mol. The summed E-state index contributed by atoms with van der Waals surface area (Å²) in [6, 6.07) is 4.64. The molecule has 19 heavy (non-hydrogen) atoms. The number of carboxylic acid groups (broad SMARTS) is 1. The average molecular weight is 266 g/mol. The van der Waals surface area contributed by atoms with Crippen molar-refractivity contribution in [2.45, 2.75) is 25.3 Å². The Morgan fingerprint density at radius 3 is 2.74 bits per heavy atom. The minimum atomic E-state index is -0.942. The number of aliphatic carboxylic acids is 1. The van der Waals surface area contributed by atoms with E-state index in [1.807, 2.05) is 0 Å². The summed E-state index contributed by atoms with van der Waals surface area (Å²) in [6.07, 6.45) is 1.76. The van der Waals surface area contributed by atoms with Crippen LogP contribution in [0.3, 0.4) is 0 Å². The highest BCUT2D eigenvalue weighted by Crippen LogP contribution is 2.34. The van der Waals surface area contributed by atoms with Gasteiger partial charge in [0.2, 0.25) is 0 Å². The van der Waals surface area contributed by atoms with Crippen molar-refractivity contribution in [2.24, 2.45) is 5.92 Å². The first-order valence-corrected chi connectivity index (χ1v) is 6.09. The lowest BCUT2D eigenvalue weighted by molar-refractivity contribution is -0.137. The molecule has 0 radical (unpaired) electrons. The van der Waals surface area contributed by atoms with Crippen LogP contribution in [0.1, 0.15) is 19.3 Å². The lowest BCUT2D eigenvalue weighted by Gasteiger charge is -2.16. The van der Waals surface area contributed by atoms with Crippen molar-refractivity contribution in [1.29, 1.82) is 0 Å². The third-order valence-electron chi connectivity index (χ3n) is 2.98. The lowest BCUT2D eigenvalue weighted by Crippen LogP contribution is -2.40. The van der Waals surface area contributed by atoms with E-state index >= 15 is 0 Å². The Bertz CT molecular complexity index is 489. The van der Waals surface area contributed by atoms with Crippen LogP contribution in [-0.4, -0.2) is 23.1 Å². The second-order valence-electron chi connectivity index (χ2n) is 4.65. The number of urea groups is 1. The van der Waals surface area contributed by atoms with Crippen molar-refractivity contribution in [2.75, 3.05) is 5.32 Å². The Morgan fingerprint density at radius 2 is 2.16 bits per heavy atom. The number of amides is 2. The summed E-state index contributed by atoms with van der Waals surface area (Å²) in [4.78, 5) is 22.4. The zero-order chi connectivity index (χ0) is 13.8. The normalized spacial score (nSPS) is 15.6. The van der Waals surface area contributed by atoms with Crippen molar-refractivity contribution in [3.05, 3.63) is 30.1 Å². The van der Waals surface area contributed by atoms with E-state index in [1.165, 1.54) is 18.2 Å². The van der Waals surface area contributed by atoms with Crippen LogP contribution in [0.4, 0.5) is 14.9 Å². The number of nitrogens with one attached hydrogen (secondary N) is 2. The Balaban J connectivity index is 1.90. The molecule has 2 rings (SSSR count). The first-order valence-electron chi connectivity index (χ1n) is 6.09. The summed E-state index contributed by atoms with van der Waals surface area (Å²) >= 11 is 0. The van der Waals surface area contributed by atoms with Crippen molar-refractivity contribution in [3.8, 4) is 0 Å². The SMILES string of the molecule is O=C(O)CC(NC(=O)Nc1cccc(F)c1)C1CC1. The quantitative estimate of drug-likeness (QED) is 0.764. The Kier molecular flexibility index (Phi) is 3.99. The van der Waals surface area contributed by atoms with Gasteiger partial charge < -0.3 is 15.7 Å². The Hall–Kier alpha value is -2.11. The van der Waals surface area contributed by atoms with Crippen LogP contribution in [0.2, 0.25) is 0 Å². The van der Waals surface area contributed by atoms with Gasteiger partial charge in [0.15, 0.2) is 0 Å². The number of hydrogen-bond acceptors (Lipinski definition) is 2. The number of carboxylic acids is 1. The minimum absolute atomic E-state index is 0.0960. The van der Waals surface area contributed by atoms with Crippen LogP contribution >= 0.6 is 0 Å². The van der Waals surface area contributed by atoms with E-state index in [1.54, 1.807) is 6.07 Å². The summed E-state index contributed by atoms with van der Waals surface area (Å²) in [5, 5.41) is 13.9. The van der Waals surface area contributed by atoms with E-state index in [4.69, 9.17) is 5.11 Å². The predicted molar refractivity (Wildman–Crippen MR) is 67.3 cm³/mol. The fourth-order valence-corrected chi connectivity index (χ4v) is 1.92. The first-order chi connectivity index (χ1) is 9.04. The molecule has 1 saturated carbocycles. The highest BCUT2D eigenvalue weighted by molar-refractivity contribution is 5.89. The highest BCUT2D eigenvalue weighted by Gasteiger charge is 2.33. The number of hydrogen-bond donors (Lipinski definition) is 3. The summed E-state index contributed by atoms with van der Waals surface area (Å²) in [5.74, 6) is -1.15. The van der Waals surface area contributed by atoms with Crippen molar-refractivity contribution in [1.82, 2.24) is 5.32 Å². The number of carbonyl (C=O) groups excluding carboxylic acids is 1. The van der Waals surface area contributed by atoms with Gasteiger partial charge in [-0.15, -0.1) is 0 Å². The maximum absolute atomic E-state index is 12.9. The average Bonchev–Trinajstić information content (AvgIpc) is 3.10. The molecule has 0 aliphatic heterocycles. The van der Waals surface area contributed by atoms with Crippen LogP contribution in [0.25, 0.3) is 0 Å². The van der Waals surface area contributed by atoms with E-state index in [-0.39, 0.29) is 18.4 Å². The minimum Gasteiger partial charge on any atom is -0.481 e. The first kappa shape index (κ1) is 13.3. The van der Waals surface area contributed by atoms with Gasteiger partial charge in [0, 0.05) is 11.7 Å². The van der Waals surface area contributed by atoms with Gasteiger partial charge in [0.1, 0.15) is 5.82 Å². The molecule has 6 heteroatoms. The largest absolute Gasteiger partial charge is 0.481 e. The van der Waals surface area contributed by atoms with E-state index in [2.05, 4.69) is 10.6 Å². The molecule has 1 aliphatic carbocycles. The second kappa shape index (κ2) is 5.69. The topological polar surface area (TPSA) is 78.4 Å². The predicted octanol–water partition coefficient (Wildman–Crippen LogP) is 2.20. The van der Waals surface area contributed by atoms with Gasteiger partial charge in [-0.25, -0.2) is 9.18 Å². The van der Waals surface area contributed by atoms with Crippen LogP contribution in [0.5, 0.6) is 0 Å². The van der Waals surface area contributed by atoms with Crippen LogP contribution < -0.4 is 10.6 Å². The summed E-state index contributed by atoms with van der Waals surface area (Å²) < 4.78 is 12.9. The zero-order valence-electron chi connectivity index (χ0n) is 10.2. The van der Waals surface area contributed by atoms with Crippen LogP contribution in [-0.2, 0) is 4.79 Å². The molecule has 2 amide bonds. The van der Waals surface area contributed by atoms with Crippen LogP contribution in [0.15, 0.2) is 24.3 Å². The Labute approximate surface area is 109 Å². The summed E-state index contributed by atoms with van der Waals surface area (Å²) in [6.45, 7) is 0. The number of rotatable bonds is 5. The third-order valence-corrected chi connectivity index (χ3v) is 2.98. The van der Waals surface area contributed by atoms with Gasteiger partial charge in [0.25, 0.3) is 0 Å². The molecule has 0 spiro atoms. The third kappa shape index (κ3) is 4.24. The van der Waals surface area contributed by atoms with Crippen molar-refractivity contribution >= 4 is 17.7 Å². The standard InChI is InChI=1S/C13H15FN2O3/c14-9-2-1-3-10(6-9)15-13(19)16-11(7-12(17)18)8-4-5-8/h1-3,6,8,11H,4-5,7H2,(H,17,18)(H2,15,16,19). The molecule has 0 aromatic heterocycles. The van der Waals surface area contributed by atoms with Crippen LogP contribution in [0, 0.1) is 11.7 Å². The molecule has 5 nitrogen and oxygen atoms in total. The van der Waals surface area contributed by atoms with E-state index < -0.39 is 17.8 Å². The lowest BCUT2D eigenvalue weighted by atomic mass is 10.1. The highest BCUT2D eigenvalue weighted by atomic mass is 19.1. The Morgan fingerprint density at radius 1 is 1.42 bits per heavy atom. The maximum atomic E-state index is 12.9. The molecule has 1 aromatic rings. The molecule has 1 aliphatic rings. The van der Waals surface area contributed by atoms with E-state index in [0.717, 1.165) is 12.8 Å². The fourth-order valence-electron chi connectivity index (χ4n) is 1.92. The van der Waals surface area contributed by atoms with Gasteiger partial charge >= 0.3 is 12.0 Å². The summed E-state index contributed by atoms with van der Waals surface area (Å²) in [7, 11) is 0. The van der Waals surface area contributed by atoms with Gasteiger partial charge in [0.05, 0.1) is 6.42 Å². The number of anilines is 1. The molecule has 102 valence electrons. The molecule has 0 heterocycles. The molecule has 1 fully saturated rings. The summed E-state index contributed by atoms with van der Waals surface area (Å²) in [5.41, 5.74) is 0.336. The van der Waals surface area contributed by atoms with E-state index in [0.29, 0.717) is 5.69 Å². The van der Waals surface area contributed by atoms with Crippen molar-refractivity contribution in [3.63, 3.8) is 0 Å². The van der Waals surface area contributed by atoms with Gasteiger partial charge in [-0.2, -0.15) is 0 Å². The van der Waals surface area contributed by atoms with Gasteiger partial charge in [-0.05, 0) is 37.0 Å². The molecular weight excluding hydrogens is 251 g/mol. The zero-order valence-corrected chi connectivity index (χ0v) is 10.2. The van der Waals surface area contributed by atoms with Gasteiger partial charge in [-0.3, -0.25) is 4.79 Å². The number of carbonyl (C=O) groups is 2. The fraction of sp³-hybridized carbons (Fsp3) is 0.385. The molecule has 1 unspecified atom stereocenters. The number of benzene rings is 1. The second-order valence-corrected chi connectivity index (χ2v) is 4.65. The smallest absolute Gasteiger partial charge is 0.319 e. The molecule has 0 saturated heterocycles. The molecule has 1 atom stereocenters. The maximum Gasteiger partial charge on any atom is 0.319 e. The van der Waals surface area contributed by atoms with E-state index in [9.17, 15) is 14.0 Å². The molecule has 3 N–H and O–H groups in total. The molecular formula is C13H15FN2O3. The van der Waals surface area contributed by atoms with Gasteiger partial charge in [-0.1, -0.05) is 6.07 Å². The number of halogens is 1. The van der Waals surface area contributed by atoms with Crippen molar-refractivity contribution < 1.29 is 19.1 Å². The molecule has 1 aromatic carbocycles. The molecule has 0 bridgehead atoms.